The smallest absolute Gasteiger partial charge is 0.270 e. The summed E-state index contributed by atoms with van der Waals surface area (Å²) in [6.45, 7) is 0. The van der Waals surface area contributed by atoms with E-state index < -0.39 is 4.92 Å². The number of methoxy groups -OCH3 is 1. The lowest BCUT2D eigenvalue weighted by atomic mass is 10.2. The van der Waals surface area contributed by atoms with Crippen LogP contribution >= 0.6 is 0 Å². The van der Waals surface area contributed by atoms with E-state index in [1.165, 1.54) is 24.3 Å². The fourth-order valence-corrected chi connectivity index (χ4v) is 2.95. The van der Waals surface area contributed by atoms with Crippen LogP contribution in [0, 0.1) is 10.1 Å². The molecule has 0 bridgehead atoms. The zero-order chi connectivity index (χ0) is 21.8. The van der Waals surface area contributed by atoms with Gasteiger partial charge in [0.15, 0.2) is 5.58 Å². The minimum absolute atomic E-state index is 0.0317. The topological polar surface area (TPSA) is 108 Å². The first-order valence-corrected chi connectivity index (χ1v) is 9.30. The number of rotatable bonds is 6. The summed E-state index contributed by atoms with van der Waals surface area (Å²) in [6.07, 6.45) is 2.84. The molecule has 0 aliphatic rings. The van der Waals surface area contributed by atoms with E-state index in [0.29, 0.717) is 34.0 Å². The molecule has 4 rings (SSSR count). The molecule has 0 aliphatic heterocycles. The minimum atomic E-state index is -0.480. The predicted octanol–water partition coefficient (Wildman–Crippen LogP) is 5.06. The molecule has 0 atom stereocenters. The van der Waals surface area contributed by atoms with Gasteiger partial charge < -0.3 is 14.5 Å². The number of carbonyl (C=O) groups is 1. The maximum Gasteiger partial charge on any atom is 0.270 e. The Balaban J connectivity index is 1.44. The van der Waals surface area contributed by atoms with Crippen LogP contribution in [0.5, 0.6) is 5.75 Å². The molecule has 31 heavy (non-hydrogen) atoms. The van der Waals surface area contributed by atoms with Gasteiger partial charge >= 0.3 is 0 Å². The van der Waals surface area contributed by atoms with Crippen LogP contribution in [0.15, 0.2) is 77.2 Å². The van der Waals surface area contributed by atoms with Gasteiger partial charge in [-0.3, -0.25) is 14.9 Å². The molecule has 0 fully saturated rings. The molecule has 154 valence electrons. The normalized spacial score (nSPS) is 11.0. The van der Waals surface area contributed by atoms with E-state index in [-0.39, 0.29) is 11.6 Å². The number of non-ortho nitro benzene ring substituents is 1. The zero-order valence-corrected chi connectivity index (χ0v) is 16.4. The second-order valence-electron chi connectivity index (χ2n) is 6.60. The Bertz CT molecular complexity index is 1290. The van der Waals surface area contributed by atoms with Crippen LogP contribution in [0.2, 0.25) is 0 Å². The van der Waals surface area contributed by atoms with Gasteiger partial charge in [0.25, 0.3) is 5.69 Å². The van der Waals surface area contributed by atoms with Crippen LogP contribution in [-0.4, -0.2) is 22.9 Å². The highest BCUT2D eigenvalue weighted by Gasteiger charge is 2.10. The van der Waals surface area contributed by atoms with Crippen molar-refractivity contribution in [2.75, 3.05) is 12.4 Å². The van der Waals surface area contributed by atoms with E-state index in [4.69, 9.17) is 9.15 Å². The van der Waals surface area contributed by atoms with Crippen LogP contribution in [-0.2, 0) is 4.79 Å². The molecule has 0 saturated heterocycles. The van der Waals surface area contributed by atoms with E-state index in [1.54, 1.807) is 61.7 Å². The molecular formula is C23H17N3O5. The second-order valence-corrected chi connectivity index (χ2v) is 6.60. The Labute approximate surface area is 176 Å². The van der Waals surface area contributed by atoms with E-state index in [9.17, 15) is 14.9 Å². The first-order chi connectivity index (χ1) is 15.0. The van der Waals surface area contributed by atoms with Crippen LogP contribution in [0.4, 0.5) is 11.4 Å². The lowest BCUT2D eigenvalue weighted by Gasteiger charge is -2.03. The first kappa shape index (κ1) is 19.8. The molecule has 8 nitrogen and oxygen atoms in total. The van der Waals surface area contributed by atoms with Crippen molar-refractivity contribution in [3.05, 3.63) is 88.5 Å². The molecule has 1 amide bonds. The largest absolute Gasteiger partial charge is 0.497 e. The number of ether oxygens (including phenoxy) is 1. The van der Waals surface area contributed by atoms with E-state index in [2.05, 4.69) is 10.3 Å². The van der Waals surface area contributed by atoms with Crippen LogP contribution < -0.4 is 10.1 Å². The average Bonchev–Trinajstić information content (AvgIpc) is 3.21. The molecular weight excluding hydrogens is 398 g/mol. The predicted molar refractivity (Wildman–Crippen MR) is 117 cm³/mol. The number of nitro benzene ring substituents is 1. The highest BCUT2D eigenvalue weighted by atomic mass is 16.6. The summed E-state index contributed by atoms with van der Waals surface area (Å²) in [6, 6.07) is 18.5. The standard InChI is InChI=1S/C23H17N3O5/c1-30-19-10-11-21-20(14-19)25-23(31-21)16-6-8-17(9-7-16)24-22(27)12-5-15-3-2-4-18(13-15)26(28)29/h2-14H,1H3,(H,24,27). The second kappa shape index (κ2) is 8.50. The maximum atomic E-state index is 12.2. The number of fused-ring (bicyclic) bond motifs is 1. The third-order valence-electron chi connectivity index (χ3n) is 4.50. The van der Waals surface area contributed by atoms with Crippen molar-refractivity contribution in [1.82, 2.24) is 4.98 Å². The summed E-state index contributed by atoms with van der Waals surface area (Å²) < 4.78 is 11.0. The van der Waals surface area contributed by atoms with Crippen molar-refractivity contribution in [3.8, 4) is 17.2 Å². The van der Waals surface area contributed by atoms with Gasteiger partial charge in [-0.1, -0.05) is 12.1 Å². The van der Waals surface area contributed by atoms with Crippen molar-refractivity contribution in [2.24, 2.45) is 0 Å². The third-order valence-corrected chi connectivity index (χ3v) is 4.50. The summed E-state index contributed by atoms with van der Waals surface area (Å²) in [5.74, 6) is 0.809. The number of nitro groups is 1. The number of aromatic nitrogens is 1. The van der Waals surface area contributed by atoms with Gasteiger partial charge in [-0.2, -0.15) is 0 Å². The molecule has 0 radical (unpaired) electrons. The quantitative estimate of drug-likeness (QED) is 0.268. The number of nitrogens with zero attached hydrogens (tertiary/aromatic N) is 2. The molecule has 0 unspecified atom stereocenters. The van der Waals surface area contributed by atoms with Gasteiger partial charge in [0, 0.05) is 35.5 Å². The van der Waals surface area contributed by atoms with Crippen LogP contribution in [0.1, 0.15) is 5.56 Å². The Kier molecular flexibility index (Phi) is 5.44. The third kappa shape index (κ3) is 4.59. The number of hydrogen-bond donors (Lipinski definition) is 1. The number of carbonyl (C=O) groups excluding carboxylic acids is 1. The summed E-state index contributed by atoms with van der Waals surface area (Å²) >= 11 is 0. The average molecular weight is 415 g/mol. The summed E-state index contributed by atoms with van der Waals surface area (Å²) in [4.78, 5) is 27.0. The Morgan fingerprint density at radius 3 is 2.68 bits per heavy atom. The maximum absolute atomic E-state index is 12.2. The number of benzene rings is 3. The highest BCUT2D eigenvalue weighted by Crippen LogP contribution is 2.27. The number of hydrogen-bond acceptors (Lipinski definition) is 6. The van der Waals surface area contributed by atoms with Crippen molar-refractivity contribution in [3.63, 3.8) is 0 Å². The molecule has 0 aliphatic carbocycles. The Morgan fingerprint density at radius 2 is 1.94 bits per heavy atom. The summed E-state index contributed by atoms with van der Waals surface area (Å²) in [5.41, 5.74) is 3.23. The molecule has 1 N–H and O–H groups in total. The Morgan fingerprint density at radius 1 is 1.13 bits per heavy atom. The Hall–Kier alpha value is -4.46. The number of oxazole rings is 1. The molecule has 1 aromatic heterocycles. The lowest BCUT2D eigenvalue weighted by Crippen LogP contribution is -2.07. The number of nitrogens with one attached hydrogen (secondary N) is 1. The van der Waals surface area contributed by atoms with Gasteiger partial charge in [-0.05, 0) is 48.0 Å². The van der Waals surface area contributed by atoms with Gasteiger partial charge in [0.1, 0.15) is 11.3 Å². The highest BCUT2D eigenvalue weighted by molar-refractivity contribution is 6.02. The fourth-order valence-electron chi connectivity index (χ4n) is 2.95. The van der Waals surface area contributed by atoms with Gasteiger partial charge in [-0.25, -0.2) is 4.98 Å². The fraction of sp³-hybridized carbons (Fsp3) is 0.0435. The molecule has 0 saturated carbocycles. The summed E-state index contributed by atoms with van der Waals surface area (Å²) in [7, 11) is 1.59. The molecule has 3 aromatic carbocycles. The van der Waals surface area contributed by atoms with E-state index >= 15 is 0 Å². The molecule has 4 aromatic rings. The van der Waals surface area contributed by atoms with Gasteiger partial charge in [-0.15, -0.1) is 0 Å². The summed E-state index contributed by atoms with van der Waals surface area (Å²) in [5, 5.41) is 13.6. The number of anilines is 1. The van der Waals surface area contributed by atoms with Crippen LogP contribution in [0.3, 0.4) is 0 Å². The lowest BCUT2D eigenvalue weighted by molar-refractivity contribution is -0.384. The van der Waals surface area contributed by atoms with Crippen LogP contribution in [0.25, 0.3) is 28.6 Å². The van der Waals surface area contributed by atoms with Crippen molar-refractivity contribution >= 4 is 34.5 Å². The SMILES string of the molecule is COc1ccc2oc(-c3ccc(NC(=O)C=Cc4cccc([N+](=O)[O-])c4)cc3)nc2c1. The van der Waals surface area contributed by atoms with Crippen molar-refractivity contribution in [2.45, 2.75) is 0 Å². The van der Waals surface area contributed by atoms with Gasteiger partial charge in [0.2, 0.25) is 11.8 Å². The van der Waals surface area contributed by atoms with E-state index in [0.717, 1.165) is 5.56 Å². The minimum Gasteiger partial charge on any atom is -0.497 e. The monoisotopic (exact) mass is 415 g/mol. The van der Waals surface area contributed by atoms with Gasteiger partial charge in [0.05, 0.1) is 12.0 Å². The zero-order valence-electron chi connectivity index (χ0n) is 16.4. The first-order valence-electron chi connectivity index (χ1n) is 9.30. The van der Waals surface area contributed by atoms with Crippen molar-refractivity contribution in [1.29, 1.82) is 0 Å². The molecule has 0 spiro atoms. The molecule has 8 heteroatoms. The van der Waals surface area contributed by atoms with Crippen molar-refractivity contribution < 1.29 is 18.9 Å². The van der Waals surface area contributed by atoms with E-state index in [1.807, 2.05) is 0 Å². The number of amides is 1. The molecule has 1 heterocycles.